The first kappa shape index (κ1) is 28.5. The Balaban J connectivity index is 1.91. The van der Waals surface area contributed by atoms with Gasteiger partial charge in [0.2, 0.25) is 0 Å². The van der Waals surface area contributed by atoms with E-state index in [1.165, 1.54) is 29.3 Å². The Morgan fingerprint density at radius 3 is 2.63 bits per heavy atom. The number of nitrogens with one attached hydrogen (secondary N) is 1. The zero-order valence-electron chi connectivity index (χ0n) is 20.8. The molecule has 3 aromatic rings. The number of ether oxygens (including phenoxy) is 1. The number of halogens is 2. The predicted molar refractivity (Wildman–Crippen MR) is 143 cm³/mol. The van der Waals surface area contributed by atoms with Crippen LogP contribution in [-0.4, -0.2) is 47.9 Å². The first-order chi connectivity index (χ1) is 18.2. The Morgan fingerprint density at radius 1 is 1.24 bits per heavy atom. The number of nitrogens with two attached hydrogens (primary N) is 1. The van der Waals surface area contributed by atoms with Crippen LogP contribution in [0.5, 0.6) is 11.5 Å². The van der Waals surface area contributed by atoms with Gasteiger partial charge in [-0.1, -0.05) is 18.2 Å². The minimum Gasteiger partial charge on any atom is -0.503 e. The third-order valence-electron chi connectivity index (χ3n) is 5.82. The van der Waals surface area contributed by atoms with Crippen molar-refractivity contribution < 1.29 is 28.2 Å². The number of nitrogens with zero attached hydrogens (tertiary/aromatic N) is 2. The molecule has 1 atom stereocenters. The molecule has 3 rings (SSSR count). The van der Waals surface area contributed by atoms with E-state index >= 15 is 4.39 Å². The van der Waals surface area contributed by atoms with Crippen molar-refractivity contribution >= 4 is 35.3 Å². The maximum Gasteiger partial charge on any atom is 0.183 e. The Bertz CT molecular complexity index is 1300. The van der Waals surface area contributed by atoms with Gasteiger partial charge in [-0.05, 0) is 50.5 Å². The number of carbonyl (C=O) groups excluding carboxylic acids is 2. The summed E-state index contributed by atoms with van der Waals surface area (Å²) < 4.78 is 34.4. The first-order valence-corrected chi connectivity index (χ1v) is 12.6. The molecule has 202 valence electrons. The molecule has 0 saturated heterocycles. The third kappa shape index (κ3) is 6.62. The van der Waals surface area contributed by atoms with Gasteiger partial charge in [0, 0.05) is 17.6 Å². The van der Waals surface area contributed by atoms with E-state index in [4.69, 9.17) is 10.5 Å². The highest BCUT2D eigenvalue weighted by atomic mass is 32.1. The Labute approximate surface area is 222 Å². The van der Waals surface area contributed by atoms with E-state index in [9.17, 15) is 24.0 Å². The SMILES string of the molecule is CC(C)N(C[C@@H](CCc1ccc(F)c(N)c1)Nc1cccc(-c2sc(C=O)c(OCC=O)c2O)c1F)N=O. The van der Waals surface area contributed by atoms with E-state index in [1.54, 1.807) is 26.0 Å². The zero-order valence-corrected chi connectivity index (χ0v) is 21.6. The topological polar surface area (TPSA) is 134 Å². The number of nitroso groups, excluding NO2 is 1. The number of aryl methyl sites for hydroxylation is 1. The lowest BCUT2D eigenvalue weighted by molar-refractivity contribution is -0.109. The minimum atomic E-state index is -0.699. The van der Waals surface area contributed by atoms with Crippen LogP contribution in [0.2, 0.25) is 0 Å². The number of nitrogen functional groups attached to an aromatic ring is 1. The van der Waals surface area contributed by atoms with Crippen molar-refractivity contribution in [3.05, 3.63) is 63.4 Å². The Morgan fingerprint density at radius 2 is 2.00 bits per heavy atom. The van der Waals surface area contributed by atoms with E-state index in [-0.39, 0.29) is 51.6 Å². The number of hydrogen-bond acceptors (Lipinski definition) is 9. The smallest absolute Gasteiger partial charge is 0.183 e. The van der Waals surface area contributed by atoms with E-state index < -0.39 is 23.4 Å². The molecule has 38 heavy (non-hydrogen) atoms. The van der Waals surface area contributed by atoms with Gasteiger partial charge in [0.05, 0.1) is 28.1 Å². The molecule has 0 fully saturated rings. The standard InChI is InChI=1S/C26H28F2N4O5S/c1-15(2)32(31-36)13-17(8-6-16-7-9-19(27)20(29)12-16)30-21-5-3-4-18(23(21)28)26-24(35)25(37-11-10-33)22(14-34)38-26/h3-5,7,9-10,12,14-15,17,30,35H,6,8,11,13,29H2,1-2H3/t17-/m1/s1. The third-order valence-corrected chi connectivity index (χ3v) is 6.94. The molecule has 9 nitrogen and oxygen atoms in total. The first-order valence-electron chi connectivity index (χ1n) is 11.8. The van der Waals surface area contributed by atoms with Crippen LogP contribution in [0.3, 0.4) is 0 Å². The van der Waals surface area contributed by atoms with Crippen LogP contribution in [0.1, 0.15) is 35.5 Å². The van der Waals surface area contributed by atoms with Crippen molar-refractivity contribution in [3.63, 3.8) is 0 Å². The number of benzene rings is 2. The second-order valence-electron chi connectivity index (χ2n) is 8.77. The molecule has 2 aromatic carbocycles. The molecule has 0 spiro atoms. The van der Waals surface area contributed by atoms with Crippen LogP contribution in [0.4, 0.5) is 20.2 Å². The molecule has 1 heterocycles. The van der Waals surface area contributed by atoms with Crippen molar-refractivity contribution in [2.24, 2.45) is 5.29 Å². The number of anilines is 2. The summed E-state index contributed by atoms with van der Waals surface area (Å²) in [6.45, 7) is 3.38. The molecule has 0 radical (unpaired) electrons. The molecule has 0 bridgehead atoms. The fourth-order valence-electron chi connectivity index (χ4n) is 3.84. The molecule has 0 aliphatic rings. The number of rotatable bonds is 14. The number of carbonyl (C=O) groups is 2. The van der Waals surface area contributed by atoms with E-state index in [0.29, 0.717) is 25.4 Å². The number of thiophene rings is 1. The molecule has 0 aliphatic heterocycles. The molecule has 4 N–H and O–H groups in total. The van der Waals surface area contributed by atoms with Crippen LogP contribution in [0.25, 0.3) is 10.4 Å². The van der Waals surface area contributed by atoms with Crippen LogP contribution in [0.15, 0.2) is 41.7 Å². The summed E-state index contributed by atoms with van der Waals surface area (Å²) in [5, 5.41) is 18.1. The van der Waals surface area contributed by atoms with Gasteiger partial charge in [0.15, 0.2) is 29.9 Å². The normalized spacial score (nSPS) is 11.7. The van der Waals surface area contributed by atoms with Crippen molar-refractivity contribution in [2.75, 3.05) is 24.2 Å². The average molecular weight is 547 g/mol. The molecule has 0 unspecified atom stereocenters. The van der Waals surface area contributed by atoms with E-state index in [1.807, 2.05) is 0 Å². The lowest BCUT2D eigenvalue weighted by atomic mass is 10.0. The highest BCUT2D eigenvalue weighted by molar-refractivity contribution is 7.18. The summed E-state index contributed by atoms with van der Waals surface area (Å²) in [4.78, 5) is 33.6. The van der Waals surface area contributed by atoms with Gasteiger partial charge in [0.1, 0.15) is 17.3 Å². The monoisotopic (exact) mass is 546 g/mol. The molecular formula is C26H28F2N4O5S. The summed E-state index contributed by atoms with van der Waals surface area (Å²) in [5.74, 6) is -1.86. The summed E-state index contributed by atoms with van der Waals surface area (Å²) in [6, 6.07) is 8.26. The highest BCUT2D eigenvalue weighted by Gasteiger charge is 2.24. The molecule has 0 saturated carbocycles. The van der Waals surface area contributed by atoms with Crippen molar-refractivity contribution in [3.8, 4) is 21.9 Å². The summed E-state index contributed by atoms with van der Waals surface area (Å²) >= 11 is 0.826. The van der Waals surface area contributed by atoms with Crippen LogP contribution in [-0.2, 0) is 11.2 Å². The minimum absolute atomic E-state index is 0.0122. The largest absolute Gasteiger partial charge is 0.503 e. The maximum atomic E-state index is 15.7. The van der Waals surface area contributed by atoms with Gasteiger partial charge in [-0.25, -0.2) is 8.78 Å². The number of hydrogen-bond donors (Lipinski definition) is 3. The second-order valence-corrected chi connectivity index (χ2v) is 9.82. The fraction of sp³-hybridized carbons (Fsp3) is 0.308. The molecule has 0 amide bonds. The van der Waals surface area contributed by atoms with Crippen molar-refractivity contribution in [1.29, 1.82) is 0 Å². The Kier molecular flexibility index (Phi) is 9.72. The van der Waals surface area contributed by atoms with Gasteiger partial charge >= 0.3 is 0 Å². The number of aromatic hydroxyl groups is 1. The van der Waals surface area contributed by atoms with Gasteiger partial charge < -0.3 is 20.9 Å². The summed E-state index contributed by atoms with van der Waals surface area (Å²) in [7, 11) is 0. The van der Waals surface area contributed by atoms with E-state index in [0.717, 1.165) is 16.9 Å². The molecular weight excluding hydrogens is 518 g/mol. The van der Waals surface area contributed by atoms with Gasteiger partial charge in [0.25, 0.3) is 0 Å². The average Bonchev–Trinajstić information content (AvgIpc) is 3.21. The molecule has 1 aromatic heterocycles. The molecule has 12 heteroatoms. The van der Waals surface area contributed by atoms with Crippen molar-refractivity contribution in [1.82, 2.24) is 5.01 Å². The zero-order chi connectivity index (χ0) is 27.8. The Hall–Kier alpha value is -4.06. The highest BCUT2D eigenvalue weighted by Crippen LogP contribution is 2.47. The van der Waals surface area contributed by atoms with Crippen LogP contribution >= 0.6 is 11.3 Å². The van der Waals surface area contributed by atoms with Crippen molar-refractivity contribution in [2.45, 2.75) is 38.8 Å². The molecule has 0 aliphatic carbocycles. The second kappa shape index (κ2) is 13.0. The lowest BCUT2D eigenvalue weighted by Crippen LogP contribution is -2.37. The predicted octanol–water partition coefficient (Wildman–Crippen LogP) is 5.18. The maximum absolute atomic E-state index is 15.7. The van der Waals surface area contributed by atoms with Gasteiger partial charge in [-0.3, -0.25) is 14.6 Å². The van der Waals surface area contributed by atoms with Crippen LogP contribution < -0.4 is 15.8 Å². The van der Waals surface area contributed by atoms with Gasteiger partial charge in [-0.15, -0.1) is 16.2 Å². The van der Waals surface area contributed by atoms with E-state index in [2.05, 4.69) is 10.6 Å². The van der Waals surface area contributed by atoms with Gasteiger partial charge in [-0.2, -0.15) is 0 Å². The van der Waals surface area contributed by atoms with Crippen LogP contribution in [0, 0.1) is 16.5 Å². The fourth-order valence-corrected chi connectivity index (χ4v) is 4.82. The summed E-state index contributed by atoms with van der Waals surface area (Å²) in [6.07, 6.45) is 1.81. The number of aldehydes is 2. The summed E-state index contributed by atoms with van der Waals surface area (Å²) in [5.41, 5.74) is 6.57. The quantitative estimate of drug-likeness (QED) is 0.109. The lowest BCUT2D eigenvalue weighted by Gasteiger charge is -2.27.